The molecule has 0 aliphatic heterocycles. The van der Waals surface area contributed by atoms with E-state index >= 15 is 4.39 Å². The third-order valence-electron chi connectivity index (χ3n) is 4.09. The molecule has 0 atom stereocenters. The number of anilines is 2. The van der Waals surface area contributed by atoms with Crippen LogP contribution in [0.5, 0.6) is 0 Å². The number of carbonyl (C=O) groups excluding carboxylic acids is 1. The third kappa shape index (κ3) is 5.28. The van der Waals surface area contributed by atoms with Crippen LogP contribution in [0.1, 0.15) is 31.9 Å². The normalized spacial score (nSPS) is 11.3. The fourth-order valence-corrected chi connectivity index (χ4v) is 2.67. The number of halogens is 1. The van der Waals surface area contributed by atoms with Crippen molar-refractivity contribution in [1.29, 1.82) is 0 Å². The van der Waals surface area contributed by atoms with Gasteiger partial charge in [0.15, 0.2) is 5.82 Å². The van der Waals surface area contributed by atoms with Crippen LogP contribution in [0.25, 0.3) is 11.4 Å². The molecule has 30 heavy (non-hydrogen) atoms. The van der Waals surface area contributed by atoms with Crippen LogP contribution in [-0.4, -0.2) is 36.4 Å². The first-order chi connectivity index (χ1) is 14.1. The Hall–Kier alpha value is -3.56. The molecule has 10 heteroatoms. The summed E-state index contributed by atoms with van der Waals surface area (Å²) in [6, 6.07) is 3.31. The lowest BCUT2D eigenvalue weighted by molar-refractivity contribution is 0.0523. The summed E-state index contributed by atoms with van der Waals surface area (Å²) in [6.07, 6.45) is 4.14. The number of nitrogens with zero attached hydrogens (tertiary/aromatic N) is 5. The number of aryl methyl sites for hydroxylation is 1. The molecule has 9 nitrogen and oxygen atoms in total. The van der Waals surface area contributed by atoms with Gasteiger partial charge in [-0.25, -0.2) is 19.2 Å². The Morgan fingerprint density at radius 1 is 1.27 bits per heavy atom. The molecule has 0 unspecified atom stereocenters. The van der Waals surface area contributed by atoms with Crippen LogP contribution < -0.4 is 10.6 Å². The summed E-state index contributed by atoms with van der Waals surface area (Å²) in [5, 5.41) is 9.70. The van der Waals surface area contributed by atoms with Crippen molar-refractivity contribution < 1.29 is 13.9 Å². The second-order valence-corrected chi connectivity index (χ2v) is 7.73. The summed E-state index contributed by atoms with van der Waals surface area (Å²) in [5.74, 6) is 0.0152. The molecular weight excluding hydrogens is 389 g/mol. The summed E-state index contributed by atoms with van der Waals surface area (Å²) in [4.78, 5) is 24.3. The molecule has 2 N–H and O–H groups in total. The fraction of sp³-hybridized carbons (Fsp3) is 0.350. The van der Waals surface area contributed by atoms with E-state index in [1.807, 2.05) is 0 Å². The Labute approximate surface area is 173 Å². The summed E-state index contributed by atoms with van der Waals surface area (Å²) in [7, 11) is 1.79. The van der Waals surface area contributed by atoms with Crippen LogP contribution >= 0.6 is 0 Å². The highest BCUT2D eigenvalue weighted by Crippen LogP contribution is 2.25. The van der Waals surface area contributed by atoms with Crippen molar-refractivity contribution in [3.63, 3.8) is 0 Å². The third-order valence-corrected chi connectivity index (χ3v) is 4.09. The van der Waals surface area contributed by atoms with Crippen molar-refractivity contribution in [3.8, 4) is 11.4 Å². The van der Waals surface area contributed by atoms with Crippen molar-refractivity contribution in [1.82, 2.24) is 30.0 Å². The van der Waals surface area contributed by atoms with Gasteiger partial charge in [0, 0.05) is 19.8 Å². The first kappa shape index (κ1) is 21.2. The van der Waals surface area contributed by atoms with E-state index < -0.39 is 17.5 Å². The number of carbonyl (C=O) groups is 1. The Kier molecular flexibility index (Phi) is 5.95. The molecular formula is C20H24FN7O2. The van der Waals surface area contributed by atoms with Gasteiger partial charge in [-0.05, 0) is 44.9 Å². The number of hydrogen-bond acceptors (Lipinski definition) is 7. The van der Waals surface area contributed by atoms with Crippen molar-refractivity contribution in [2.45, 2.75) is 39.8 Å². The van der Waals surface area contributed by atoms with Gasteiger partial charge in [-0.2, -0.15) is 10.1 Å². The second-order valence-electron chi connectivity index (χ2n) is 7.73. The van der Waals surface area contributed by atoms with Crippen LogP contribution in [0, 0.1) is 12.7 Å². The molecule has 3 aromatic rings. The Morgan fingerprint density at radius 3 is 2.70 bits per heavy atom. The summed E-state index contributed by atoms with van der Waals surface area (Å²) < 4.78 is 21.9. The van der Waals surface area contributed by atoms with Gasteiger partial charge >= 0.3 is 6.09 Å². The number of ether oxygens (including phenoxy) is 1. The molecule has 0 radical (unpaired) electrons. The lowest BCUT2D eigenvalue weighted by Crippen LogP contribution is -2.32. The minimum atomic E-state index is -0.603. The highest BCUT2D eigenvalue weighted by molar-refractivity contribution is 5.68. The van der Waals surface area contributed by atoms with E-state index in [9.17, 15) is 4.79 Å². The van der Waals surface area contributed by atoms with Crippen molar-refractivity contribution >= 4 is 17.7 Å². The van der Waals surface area contributed by atoms with Gasteiger partial charge in [0.2, 0.25) is 5.95 Å². The van der Waals surface area contributed by atoms with Crippen LogP contribution in [-0.2, 0) is 18.3 Å². The molecule has 0 fully saturated rings. The molecule has 2 heterocycles. The summed E-state index contributed by atoms with van der Waals surface area (Å²) >= 11 is 0. The van der Waals surface area contributed by atoms with E-state index in [2.05, 4.69) is 30.7 Å². The Balaban J connectivity index is 1.76. The number of aromatic nitrogens is 5. The largest absolute Gasteiger partial charge is 0.444 e. The molecule has 158 valence electrons. The van der Waals surface area contributed by atoms with Gasteiger partial charge in [0.1, 0.15) is 17.7 Å². The SMILES string of the molecule is Cc1c(CNC(=O)OC(C)(C)C)ccc(-c2ncnc(Nc3cnn(C)c3)n2)c1F. The van der Waals surface area contributed by atoms with Gasteiger partial charge in [-0.1, -0.05) is 6.07 Å². The topological polar surface area (TPSA) is 107 Å². The monoisotopic (exact) mass is 413 g/mol. The van der Waals surface area contributed by atoms with Gasteiger partial charge in [0.25, 0.3) is 0 Å². The molecule has 3 rings (SSSR count). The standard InChI is InChI=1S/C20H24FN7O2/c1-12-13(8-22-19(29)30-20(2,3)4)6-7-15(16(12)21)17-23-11-24-18(27-17)26-14-9-25-28(5)10-14/h6-7,9-11H,8H2,1-5H3,(H,22,29)(H,23,24,26,27). The zero-order chi connectivity index (χ0) is 21.9. The van der Waals surface area contributed by atoms with Gasteiger partial charge < -0.3 is 15.4 Å². The Bertz CT molecular complexity index is 1060. The fourth-order valence-electron chi connectivity index (χ4n) is 2.67. The van der Waals surface area contributed by atoms with Crippen LogP contribution in [0.3, 0.4) is 0 Å². The van der Waals surface area contributed by atoms with E-state index in [4.69, 9.17) is 4.74 Å². The predicted molar refractivity (Wildman–Crippen MR) is 110 cm³/mol. The van der Waals surface area contributed by atoms with Gasteiger partial charge in [-0.3, -0.25) is 4.68 Å². The van der Waals surface area contributed by atoms with E-state index in [1.165, 1.54) is 6.33 Å². The number of hydrogen-bond donors (Lipinski definition) is 2. The van der Waals surface area contributed by atoms with Crippen molar-refractivity contribution in [3.05, 3.63) is 47.8 Å². The molecule has 0 bridgehead atoms. The lowest BCUT2D eigenvalue weighted by Gasteiger charge is -2.20. The maximum atomic E-state index is 15.0. The molecule has 2 aromatic heterocycles. The smallest absolute Gasteiger partial charge is 0.407 e. The highest BCUT2D eigenvalue weighted by Gasteiger charge is 2.18. The molecule has 0 aliphatic carbocycles. The lowest BCUT2D eigenvalue weighted by atomic mass is 10.0. The number of benzene rings is 1. The maximum absolute atomic E-state index is 15.0. The van der Waals surface area contributed by atoms with E-state index in [0.717, 1.165) is 0 Å². The minimum Gasteiger partial charge on any atom is -0.444 e. The van der Waals surface area contributed by atoms with Gasteiger partial charge in [-0.15, -0.1) is 0 Å². The Morgan fingerprint density at radius 2 is 2.03 bits per heavy atom. The summed E-state index contributed by atoms with van der Waals surface area (Å²) in [6.45, 7) is 7.11. The van der Waals surface area contributed by atoms with Crippen LogP contribution in [0.2, 0.25) is 0 Å². The highest BCUT2D eigenvalue weighted by atomic mass is 19.1. The van der Waals surface area contributed by atoms with Crippen molar-refractivity contribution in [2.75, 3.05) is 5.32 Å². The quantitative estimate of drug-likeness (QED) is 0.659. The average molecular weight is 413 g/mol. The second kappa shape index (κ2) is 8.44. The van der Waals surface area contributed by atoms with Crippen molar-refractivity contribution in [2.24, 2.45) is 7.05 Å². The molecule has 1 aromatic carbocycles. The molecule has 0 spiro atoms. The van der Waals surface area contributed by atoms with E-state index in [1.54, 1.807) is 64.0 Å². The maximum Gasteiger partial charge on any atom is 0.407 e. The summed E-state index contributed by atoms with van der Waals surface area (Å²) in [5.41, 5.74) is 1.37. The van der Waals surface area contributed by atoms with Gasteiger partial charge in [0.05, 0.1) is 17.4 Å². The number of rotatable bonds is 5. The van der Waals surface area contributed by atoms with Crippen LogP contribution in [0.15, 0.2) is 30.9 Å². The van der Waals surface area contributed by atoms with E-state index in [0.29, 0.717) is 16.8 Å². The number of amides is 1. The zero-order valence-corrected chi connectivity index (χ0v) is 17.5. The first-order valence-electron chi connectivity index (χ1n) is 9.32. The molecule has 1 amide bonds. The van der Waals surface area contributed by atoms with E-state index in [-0.39, 0.29) is 23.9 Å². The van der Waals surface area contributed by atoms with Crippen LogP contribution in [0.4, 0.5) is 20.8 Å². The average Bonchev–Trinajstić information content (AvgIpc) is 3.06. The number of nitrogens with one attached hydrogen (secondary N) is 2. The first-order valence-corrected chi connectivity index (χ1v) is 9.32. The molecule has 0 aliphatic rings. The number of alkyl carbamates (subject to hydrolysis) is 1. The minimum absolute atomic E-state index is 0.142. The zero-order valence-electron chi connectivity index (χ0n) is 17.5. The molecule has 0 saturated carbocycles. The predicted octanol–water partition coefficient (Wildman–Crippen LogP) is 3.49. The molecule has 0 saturated heterocycles.